The lowest BCUT2D eigenvalue weighted by molar-refractivity contribution is -0.127. The van der Waals surface area contributed by atoms with E-state index in [-0.39, 0.29) is 12.5 Å². The van der Waals surface area contributed by atoms with E-state index in [1.165, 1.54) is 0 Å². The van der Waals surface area contributed by atoms with Crippen molar-refractivity contribution in [2.75, 3.05) is 0 Å². The molecule has 0 spiro atoms. The van der Waals surface area contributed by atoms with Crippen molar-refractivity contribution in [1.82, 2.24) is 15.5 Å². The average Bonchev–Trinajstić information content (AvgIpc) is 3.21. The number of hydrogen-bond acceptors (Lipinski definition) is 5. The van der Waals surface area contributed by atoms with Crippen molar-refractivity contribution < 1.29 is 14.1 Å². The second-order valence-electron chi connectivity index (χ2n) is 6.86. The minimum atomic E-state index is -0.657. The van der Waals surface area contributed by atoms with Crippen molar-refractivity contribution in [2.24, 2.45) is 0 Å². The Kier molecular flexibility index (Phi) is 5.24. The molecular formula is C23H21N3O3. The van der Waals surface area contributed by atoms with Crippen molar-refractivity contribution in [3.05, 3.63) is 78.2 Å². The van der Waals surface area contributed by atoms with Gasteiger partial charge in [0.05, 0.1) is 6.54 Å². The van der Waals surface area contributed by atoms with Crippen molar-refractivity contribution in [3.8, 4) is 17.1 Å². The van der Waals surface area contributed by atoms with Crippen LogP contribution >= 0.6 is 0 Å². The first-order valence-corrected chi connectivity index (χ1v) is 9.41. The highest BCUT2D eigenvalue weighted by atomic mass is 16.5. The van der Waals surface area contributed by atoms with Crippen LogP contribution in [-0.4, -0.2) is 22.2 Å². The predicted molar refractivity (Wildman–Crippen MR) is 110 cm³/mol. The summed E-state index contributed by atoms with van der Waals surface area (Å²) in [5.74, 6) is 1.22. The number of carbonyl (C=O) groups excluding carboxylic acids is 1. The molecule has 6 nitrogen and oxygen atoms in total. The van der Waals surface area contributed by atoms with Gasteiger partial charge in [-0.15, -0.1) is 0 Å². The maximum absolute atomic E-state index is 12.4. The zero-order valence-corrected chi connectivity index (χ0v) is 16.3. The van der Waals surface area contributed by atoms with Gasteiger partial charge in [0.15, 0.2) is 6.10 Å². The molecule has 6 heteroatoms. The highest BCUT2D eigenvalue weighted by molar-refractivity contribution is 5.84. The fourth-order valence-corrected chi connectivity index (χ4v) is 2.95. The molecule has 0 saturated carbocycles. The lowest BCUT2D eigenvalue weighted by Crippen LogP contribution is -2.35. The van der Waals surface area contributed by atoms with Crippen LogP contribution in [0, 0.1) is 6.92 Å². The minimum Gasteiger partial charge on any atom is -0.481 e. The van der Waals surface area contributed by atoms with Crippen molar-refractivity contribution in [3.63, 3.8) is 0 Å². The fraction of sp³-hybridized carbons (Fsp3) is 0.174. The number of amides is 1. The lowest BCUT2D eigenvalue weighted by atomic mass is 10.1. The summed E-state index contributed by atoms with van der Waals surface area (Å²) in [6.45, 7) is 3.86. The lowest BCUT2D eigenvalue weighted by Gasteiger charge is -2.14. The number of carbonyl (C=O) groups is 1. The van der Waals surface area contributed by atoms with Crippen LogP contribution in [0.4, 0.5) is 0 Å². The van der Waals surface area contributed by atoms with Crippen LogP contribution in [0.2, 0.25) is 0 Å². The summed E-state index contributed by atoms with van der Waals surface area (Å²) in [5, 5.41) is 8.92. The first-order chi connectivity index (χ1) is 14.1. The fourth-order valence-electron chi connectivity index (χ4n) is 2.95. The normalized spacial score (nSPS) is 11.9. The molecule has 146 valence electrons. The smallest absolute Gasteiger partial charge is 0.261 e. The summed E-state index contributed by atoms with van der Waals surface area (Å²) in [4.78, 5) is 16.7. The quantitative estimate of drug-likeness (QED) is 0.534. The van der Waals surface area contributed by atoms with Crippen LogP contribution in [0.25, 0.3) is 22.2 Å². The van der Waals surface area contributed by atoms with Gasteiger partial charge in [-0.05, 0) is 36.8 Å². The summed E-state index contributed by atoms with van der Waals surface area (Å²) >= 11 is 0. The topological polar surface area (TPSA) is 77.2 Å². The largest absolute Gasteiger partial charge is 0.481 e. The third kappa shape index (κ3) is 4.43. The number of aryl methyl sites for hydroxylation is 1. The van der Waals surface area contributed by atoms with E-state index in [0.29, 0.717) is 17.5 Å². The molecule has 1 N–H and O–H groups in total. The van der Waals surface area contributed by atoms with Crippen LogP contribution in [0.1, 0.15) is 18.4 Å². The molecule has 1 unspecified atom stereocenters. The van der Waals surface area contributed by atoms with Gasteiger partial charge in [-0.1, -0.05) is 65.3 Å². The number of aromatic nitrogens is 2. The van der Waals surface area contributed by atoms with Crippen molar-refractivity contribution in [1.29, 1.82) is 0 Å². The second-order valence-corrected chi connectivity index (χ2v) is 6.86. The molecule has 0 aliphatic rings. The van der Waals surface area contributed by atoms with Crippen molar-refractivity contribution >= 4 is 16.7 Å². The van der Waals surface area contributed by atoms with Crippen LogP contribution in [-0.2, 0) is 11.3 Å². The van der Waals surface area contributed by atoms with E-state index in [9.17, 15) is 4.79 Å². The van der Waals surface area contributed by atoms with E-state index in [1.54, 1.807) is 6.92 Å². The van der Waals surface area contributed by atoms with Crippen LogP contribution < -0.4 is 10.1 Å². The number of rotatable bonds is 6. The molecule has 0 bridgehead atoms. The maximum atomic E-state index is 12.4. The van der Waals surface area contributed by atoms with Gasteiger partial charge in [0.25, 0.3) is 5.91 Å². The molecular weight excluding hydrogens is 366 g/mol. The Morgan fingerprint density at radius 3 is 2.62 bits per heavy atom. The van der Waals surface area contributed by atoms with Gasteiger partial charge < -0.3 is 14.6 Å². The number of nitrogens with one attached hydrogen (secondary N) is 1. The molecule has 1 amide bonds. The molecule has 3 aromatic carbocycles. The van der Waals surface area contributed by atoms with Gasteiger partial charge in [0.1, 0.15) is 5.75 Å². The van der Waals surface area contributed by atoms with Crippen molar-refractivity contribution in [2.45, 2.75) is 26.5 Å². The third-order valence-corrected chi connectivity index (χ3v) is 4.59. The molecule has 0 aliphatic carbocycles. The number of ether oxygens (including phenoxy) is 1. The van der Waals surface area contributed by atoms with Gasteiger partial charge in [-0.3, -0.25) is 4.79 Å². The summed E-state index contributed by atoms with van der Waals surface area (Å²) in [5.41, 5.74) is 2.02. The van der Waals surface area contributed by atoms with E-state index < -0.39 is 6.10 Å². The zero-order chi connectivity index (χ0) is 20.2. The molecule has 4 rings (SSSR count). The van der Waals surface area contributed by atoms with Crippen LogP contribution in [0.15, 0.2) is 71.3 Å². The van der Waals surface area contributed by atoms with E-state index in [0.717, 1.165) is 21.9 Å². The first-order valence-electron chi connectivity index (χ1n) is 9.41. The minimum absolute atomic E-state index is 0.142. The van der Waals surface area contributed by atoms with Gasteiger partial charge in [0, 0.05) is 5.56 Å². The van der Waals surface area contributed by atoms with Crippen LogP contribution in [0.3, 0.4) is 0 Å². The molecule has 1 heterocycles. The summed E-state index contributed by atoms with van der Waals surface area (Å²) in [6, 6.07) is 21.6. The summed E-state index contributed by atoms with van der Waals surface area (Å²) in [6.07, 6.45) is -0.657. The van der Waals surface area contributed by atoms with E-state index in [1.807, 2.05) is 73.7 Å². The van der Waals surface area contributed by atoms with Gasteiger partial charge in [-0.2, -0.15) is 4.98 Å². The molecule has 0 radical (unpaired) electrons. The number of nitrogens with zero attached hydrogens (tertiary/aromatic N) is 2. The van der Waals surface area contributed by atoms with E-state index >= 15 is 0 Å². The molecule has 0 saturated heterocycles. The molecule has 0 fully saturated rings. The third-order valence-electron chi connectivity index (χ3n) is 4.59. The Balaban J connectivity index is 1.34. The SMILES string of the molecule is Cc1ccc(-c2noc(CNC(=O)C(C)Oc3ccc4ccccc4c3)n2)cc1. The molecule has 1 aromatic heterocycles. The molecule has 0 aliphatic heterocycles. The van der Waals surface area contributed by atoms with Crippen LogP contribution in [0.5, 0.6) is 5.75 Å². The zero-order valence-electron chi connectivity index (χ0n) is 16.3. The summed E-state index contributed by atoms with van der Waals surface area (Å²) < 4.78 is 11.0. The maximum Gasteiger partial charge on any atom is 0.261 e. The Labute approximate surface area is 168 Å². The second kappa shape index (κ2) is 8.14. The first kappa shape index (κ1) is 18.7. The Hall–Kier alpha value is -3.67. The Morgan fingerprint density at radius 1 is 1.07 bits per heavy atom. The van der Waals surface area contributed by atoms with E-state index in [2.05, 4.69) is 15.5 Å². The molecule has 4 aromatic rings. The number of fused-ring (bicyclic) bond motifs is 1. The molecule has 1 atom stereocenters. The molecule has 29 heavy (non-hydrogen) atoms. The monoisotopic (exact) mass is 387 g/mol. The highest BCUT2D eigenvalue weighted by Gasteiger charge is 2.16. The highest BCUT2D eigenvalue weighted by Crippen LogP contribution is 2.21. The van der Waals surface area contributed by atoms with Gasteiger partial charge in [0.2, 0.25) is 11.7 Å². The van der Waals surface area contributed by atoms with E-state index in [4.69, 9.17) is 9.26 Å². The number of hydrogen-bond donors (Lipinski definition) is 1. The average molecular weight is 387 g/mol. The Bertz CT molecular complexity index is 1140. The summed E-state index contributed by atoms with van der Waals surface area (Å²) in [7, 11) is 0. The Morgan fingerprint density at radius 2 is 1.83 bits per heavy atom. The predicted octanol–water partition coefficient (Wildman–Crippen LogP) is 4.28. The van der Waals surface area contributed by atoms with Gasteiger partial charge in [-0.25, -0.2) is 0 Å². The standard InChI is InChI=1S/C23H21N3O3/c1-15-7-9-18(10-8-15)22-25-21(29-26-22)14-24-23(27)16(2)28-20-12-11-17-5-3-4-6-19(17)13-20/h3-13,16H,14H2,1-2H3,(H,24,27). The number of benzene rings is 3. The van der Waals surface area contributed by atoms with Gasteiger partial charge >= 0.3 is 0 Å².